The molecule has 2 amide bonds. The smallest absolute Gasteiger partial charge is 0.271 e. The molecule has 0 spiro atoms. The van der Waals surface area contributed by atoms with Crippen molar-refractivity contribution in [3.8, 4) is 0 Å². The summed E-state index contributed by atoms with van der Waals surface area (Å²) in [6.07, 6.45) is 1.10. The molecule has 1 aromatic heterocycles. The van der Waals surface area contributed by atoms with Gasteiger partial charge in [0.2, 0.25) is 11.8 Å². The number of anilines is 1. The third kappa shape index (κ3) is 3.45. The Bertz CT molecular complexity index is 484. The molecule has 1 heterocycles. The molecule has 0 saturated carbocycles. The first-order valence-corrected chi connectivity index (χ1v) is 4.84. The average molecular weight is 260 g/mol. The largest absolute Gasteiger partial charge is 0.368 e. The van der Waals surface area contributed by atoms with Crippen LogP contribution in [0.4, 0.5) is 5.82 Å². The Morgan fingerprint density at radius 1 is 1.35 bits per heavy atom. The zero-order valence-electron chi connectivity index (χ0n) is 8.64. The summed E-state index contributed by atoms with van der Waals surface area (Å²) in [6, 6.07) is 0. The van der Waals surface area contributed by atoms with Gasteiger partial charge in [0.15, 0.2) is 5.82 Å². The summed E-state index contributed by atoms with van der Waals surface area (Å²) in [7, 11) is 0. The molecule has 1 rings (SSSR count). The summed E-state index contributed by atoms with van der Waals surface area (Å²) < 4.78 is 0. The van der Waals surface area contributed by atoms with Gasteiger partial charge in [-0.2, -0.15) is 0 Å². The molecule has 0 aliphatic carbocycles. The SMILES string of the molecule is NC(=O)CN(CC(N)=O)c1nc[nH]c(=O)c1Cl. The van der Waals surface area contributed by atoms with Gasteiger partial charge in [-0.3, -0.25) is 14.4 Å². The summed E-state index contributed by atoms with van der Waals surface area (Å²) in [4.78, 5) is 40.0. The van der Waals surface area contributed by atoms with Crippen LogP contribution in [0.3, 0.4) is 0 Å². The van der Waals surface area contributed by atoms with Crippen LogP contribution in [-0.2, 0) is 9.59 Å². The molecule has 9 heteroatoms. The maximum atomic E-state index is 11.2. The fourth-order valence-electron chi connectivity index (χ4n) is 1.18. The third-order valence-electron chi connectivity index (χ3n) is 1.77. The quantitative estimate of drug-likeness (QED) is 0.573. The summed E-state index contributed by atoms with van der Waals surface area (Å²) in [5, 5.41) is -0.241. The standard InChI is InChI=1S/C8H10ClN5O3/c9-6-7(12-3-13-8(6)17)14(1-4(10)15)2-5(11)16/h3H,1-2H2,(H2,10,15)(H2,11,16)(H,12,13,17). The number of hydrogen-bond donors (Lipinski definition) is 3. The van der Waals surface area contributed by atoms with Crippen LogP contribution >= 0.6 is 11.6 Å². The van der Waals surface area contributed by atoms with E-state index in [1.807, 2.05) is 0 Å². The normalized spacial score (nSPS) is 9.94. The van der Waals surface area contributed by atoms with E-state index in [4.69, 9.17) is 23.1 Å². The Kier molecular flexibility index (Phi) is 4.05. The van der Waals surface area contributed by atoms with E-state index in [9.17, 15) is 14.4 Å². The van der Waals surface area contributed by atoms with Gasteiger partial charge < -0.3 is 21.4 Å². The molecule has 8 nitrogen and oxygen atoms in total. The van der Waals surface area contributed by atoms with Crippen molar-refractivity contribution in [2.24, 2.45) is 11.5 Å². The third-order valence-corrected chi connectivity index (χ3v) is 2.11. The van der Waals surface area contributed by atoms with Crippen molar-refractivity contribution in [3.05, 3.63) is 21.7 Å². The van der Waals surface area contributed by atoms with Crippen molar-refractivity contribution in [2.45, 2.75) is 0 Å². The lowest BCUT2D eigenvalue weighted by atomic mass is 10.4. The van der Waals surface area contributed by atoms with Crippen molar-refractivity contribution in [3.63, 3.8) is 0 Å². The molecule has 17 heavy (non-hydrogen) atoms. The van der Waals surface area contributed by atoms with E-state index in [0.717, 1.165) is 11.2 Å². The summed E-state index contributed by atoms with van der Waals surface area (Å²) in [5.41, 5.74) is 9.42. The lowest BCUT2D eigenvalue weighted by Crippen LogP contribution is -2.40. The van der Waals surface area contributed by atoms with Crippen molar-refractivity contribution >= 4 is 29.2 Å². The van der Waals surface area contributed by atoms with E-state index in [1.54, 1.807) is 0 Å². The van der Waals surface area contributed by atoms with Crippen LogP contribution in [0.2, 0.25) is 5.02 Å². The highest BCUT2D eigenvalue weighted by atomic mass is 35.5. The van der Waals surface area contributed by atoms with Gasteiger partial charge in [0.1, 0.15) is 5.02 Å². The van der Waals surface area contributed by atoms with Crippen LogP contribution in [0.5, 0.6) is 0 Å². The van der Waals surface area contributed by atoms with E-state index in [-0.39, 0.29) is 23.9 Å². The number of rotatable bonds is 5. The number of nitrogens with zero attached hydrogens (tertiary/aromatic N) is 2. The van der Waals surface area contributed by atoms with Crippen LogP contribution in [0, 0.1) is 0 Å². The first-order chi connectivity index (χ1) is 7.91. The first-order valence-electron chi connectivity index (χ1n) is 4.46. The van der Waals surface area contributed by atoms with E-state index >= 15 is 0 Å². The molecule has 0 saturated heterocycles. The van der Waals surface area contributed by atoms with Gasteiger partial charge in [0, 0.05) is 0 Å². The van der Waals surface area contributed by atoms with Crippen molar-refractivity contribution < 1.29 is 9.59 Å². The second-order valence-electron chi connectivity index (χ2n) is 3.16. The van der Waals surface area contributed by atoms with E-state index in [0.29, 0.717) is 0 Å². The van der Waals surface area contributed by atoms with Gasteiger partial charge in [0.25, 0.3) is 5.56 Å². The Morgan fingerprint density at radius 2 is 1.88 bits per heavy atom. The number of carbonyl (C=O) groups excluding carboxylic acids is 2. The lowest BCUT2D eigenvalue weighted by molar-refractivity contribution is -0.117. The fourth-order valence-corrected chi connectivity index (χ4v) is 1.40. The molecular formula is C8H10ClN5O3. The van der Waals surface area contributed by atoms with Crippen molar-refractivity contribution in [2.75, 3.05) is 18.0 Å². The minimum Gasteiger partial charge on any atom is -0.368 e. The minimum absolute atomic E-state index is 0.0204. The van der Waals surface area contributed by atoms with Gasteiger partial charge in [-0.25, -0.2) is 4.98 Å². The summed E-state index contributed by atoms with van der Waals surface area (Å²) in [5.74, 6) is -1.43. The highest BCUT2D eigenvalue weighted by molar-refractivity contribution is 6.32. The van der Waals surface area contributed by atoms with E-state index < -0.39 is 17.4 Å². The van der Waals surface area contributed by atoms with Gasteiger partial charge >= 0.3 is 0 Å². The number of halogens is 1. The van der Waals surface area contributed by atoms with Gasteiger partial charge in [0.05, 0.1) is 19.4 Å². The molecule has 0 unspecified atom stereocenters. The minimum atomic E-state index is -0.704. The van der Waals surface area contributed by atoms with Gasteiger partial charge in [-0.1, -0.05) is 11.6 Å². The Labute approximate surface area is 101 Å². The van der Waals surface area contributed by atoms with Gasteiger partial charge in [-0.05, 0) is 0 Å². The molecule has 92 valence electrons. The fraction of sp³-hybridized carbons (Fsp3) is 0.250. The molecule has 5 N–H and O–H groups in total. The molecular weight excluding hydrogens is 250 g/mol. The number of amides is 2. The molecule has 0 atom stereocenters. The van der Waals surface area contributed by atoms with Crippen LogP contribution in [0.1, 0.15) is 0 Å². The number of nitrogens with two attached hydrogens (primary N) is 2. The summed E-state index contributed by atoms with van der Waals surface area (Å²) in [6.45, 7) is -0.641. The molecule has 0 aliphatic rings. The molecule has 0 bridgehead atoms. The topological polar surface area (TPSA) is 135 Å². The van der Waals surface area contributed by atoms with Crippen LogP contribution < -0.4 is 21.9 Å². The number of nitrogens with one attached hydrogen (secondary N) is 1. The molecule has 1 aromatic rings. The maximum Gasteiger partial charge on any atom is 0.271 e. The number of aromatic nitrogens is 2. The van der Waals surface area contributed by atoms with E-state index in [1.165, 1.54) is 0 Å². The summed E-state index contributed by atoms with van der Waals surface area (Å²) >= 11 is 5.70. The lowest BCUT2D eigenvalue weighted by Gasteiger charge is -2.20. The van der Waals surface area contributed by atoms with Crippen LogP contribution in [-0.4, -0.2) is 34.9 Å². The number of carbonyl (C=O) groups is 2. The second-order valence-corrected chi connectivity index (χ2v) is 3.54. The van der Waals surface area contributed by atoms with Crippen molar-refractivity contribution in [1.82, 2.24) is 9.97 Å². The monoisotopic (exact) mass is 259 g/mol. The second kappa shape index (κ2) is 5.30. The predicted molar refractivity (Wildman–Crippen MR) is 60.5 cm³/mol. The average Bonchev–Trinajstić information content (AvgIpc) is 2.19. The number of aromatic amines is 1. The highest BCUT2D eigenvalue weighted by Gasteiger charge is 2.18. The zero-order valence-corrected chi connectivity index (χ0v) is 9.40. The highest BCUT2D eigenvalue weighted by Crippen LogP contribution is 2.17. The Balaban J connectivity index is 3.11. The zero-order chi connectivity index (χ0) is 13.0. The van der Waals surface area contributed by atoms with Gasteiger partial charge in [-0.15, -0.1) is 0 Å². The number of primary amides is 2. The maximum absolute atomic E-state index is 11.2. The molecule has 0 aliphatic heterocycles. The van der Waals surface area contributed by atoms with Crippen LogP contribution in [0.25, 0.3) is 0 Å². The van der Waals surface area contributed by atoms with E-state index in [2.05, 4.69) is 9.97 Å². The Hall–Kier alpha value is -2.09. The number of hydrogen-bond acceptors (Lipinski definition) is 5. The molecule has 0 aromatic carbocycles. The molecule has 0 fully saturated rings. The Morgan fingerprint density at radius 3 is 2.35 bits per heavy atom. The van der Waals surface area contributed by atoms with Crippen molar-refractivity contribution in [1.29, 1.82) is 0 Å². The number of H-pyrrole nitrogens is 1. The molecule has 0 radical (unpaired) electrons. The van der Waals surface area contributed by atoms with Crippen LogP contribution in [0.15, 0.2) is 11.1 Å². The first kappa shape index (κ1) is 13.0. The predicted octanol–water partition coefficient (Wildman–Crippen LogP) is -1.80.